The molecular weight excluding hydrogens is 370 g/mol. The van der Waals surface area contributed by atoms with Crippen LogP contribution in [0.1, 0.15) is 35.2 Å². The average molecular weight is 388 g/mol. The first-order chi connectivity index (χ1) is 12.9. The van der Waals surface area contributed by atoms with Crippen molar-refractivity contribution in [3.05, 3.63) is 62.7 Å². The maximum absolute atomic E-state index is 12.4. The Morgan fingerprint density at radius 2 is 2.00 bits per heavy atom. The Morgan fingerprint density at radius 3 is 2.63 bits per heavy atom. The highest BCUT2D eigenvalue weighted by atomic mass is 35.5. The molecule has 7 nitrogen and oxygen atoms in total. The number of carbonyl (C=O) groups is 2. The van der Waals surface area contributed by atoms with E-state index in [1.165, 1.54) is 12.1 Å². The van der Waals surface area contributed by atoms with Crippen LogP contribution in [0.5, 0.6) is 0 Å². The minimum atomic E-state index is -0.572. The molecule has 0 unspecified atom stereocenters. The van der Waals surface area contributed by atoms with Crippen LogP contribution in [0.25, 0.3) is 0 Å². The number of nitrogens with zero attached hydrogens (tertiary/aromatic N) is 2. The molecule has 0 aliphatic carbocycles. The van der Waals surface area contributed by atoms with Crippen LogP contribution < -0.4 is 10.2 Å². The third-order valence-corrected chi connectivity index (χ3v) is 4.79. The summed E-state index contributed by atoms with van der Waals surface area (Å²) in [5.74, 6) is -0.352. The van der Waals surface area contributed by atoms with Crippen LogP contribution in [-0.2, 0) is 4.79 Å². The molecule has 1 heterocycles. The van der Waals surface area contributed by atoms with E-state index in [0.29, 0.717) is 18.7 Å². The number of anilines is 2. The lowest BCUT2D eigenvalue weighted by Crippen LogP contribution is -2.35. The van der Waals surface area contributed by atoms with Crippen molar-refractivity contribution >= 4 is 40.5 Å². The van der Waals surface area contributed by atoms with E-state index in [0.717, 1.165) is 30.2 Å². The number of nitro groups is 1. The first-order valence-electron chi connectivity index (χ1n) is 8.53. The highest BCUT2D eigenvalue weighted by Gasteiger charge is 2.21. The summed E-state index contributed by atoms with van der Waals surface area (Å²) in [7, 11) is 0. The summed E-state index contributed by atoms with van der Waals surface area (Å²) in [6.07, 6.45) is 2.44. The smallest absolute Gasteiger partial charge is 0.270 e. The maximum atomic E-state index is 12.4. The van der Waals surface area contributed by atoms with Gasteiger partial charge in [-0.25, -0.2) is 0 Å². The third kappa shape index (κ3) is 4.09. The van der Waals surface area contributed by atoms with Gasteiger partial charge in [0.05, 0.1) is 15.5 Å². The van der Waals surface area contributed by atoms with Crippen LogP contribution in [0.2, 0.25) is 5.02 Å². The van der Waals surface area contributed by atoms with Gasteiger partial charge in [0.1, 0.15) is 0 Å². The Kier molecular flexibility index (Phi) is 5.41. The third-order valence-electron chi connectivity index (χ3n) is 4.48. The van der Waals surface area contributed by atoms with Crippen molar-refractivity contribution in [2.45, 2.75) is 26.2 Å². The van der Waals surface area contributed by atoms with E-state index in [-0.39, 0.29) is 22.2 Å². The van der Waals surface area contributed by atoms with E-state index in [4.69, 9.17) is 11.6 Å². The van der Waals surface area contributed by atoms with Gasteiger partial charge in [-0.2, -0.15) is 0 Å². The number of benzene rings is 2. The fraction of sp³-hybridized carbons (Fsp3) is 0.263. The summed E-state index contributed by atoms with van der Waals surface area (Å²) in [6.45, 7) is 2.58. The summed E-state index contributed by atoms with van der Waals surface area (Å²) in [6, 6.07) is 9.02. The second-order valence-corrected chi connectivity index (χ2v) is 6.79. The van der Waals surface area contributed by atoms with Crippen LogP contribution in [0, 0.1) is 17.0 Å². The standard InChI is InChI=1S/C19H18ClN3O4/c1-12-10-13(5-8-17(12)22-9-3-2-4-18(22)24)21-19(25)15-7-6-14(23(26)27)11-16(15)20/h5-8,10-11H,2-4,9H2,1H3,(H,21,25). The van der Waals surface area contributed by atoms with Crippen LogP contribution >= 0.6 is 11.6 Å². The molecule has 2 aromatic rings. The zero-order valence-electron chi connectivity index (χ0n) is 14.7. The monoisotopic (exact) mass is 387 g/mol. The quantitative estimate of drug-likeness (QED) is 0.624. The van der Waals surface area contributed by atoms with Gasteiger partial charge in [0, 0.05) is 36.5 Å². The van der Waals surface area contributed by atoms with Crippen LogP contribution in [-0.4, -0.2) is 23.3 Å². The molecule has 1 N–H and O–H groups in total. The number of carbonyl (C=O) groups excluding carboxylic acids is 2. The molecule has 3 rings (SSSR count). The Hall–Kier alpha value is -2.93. The highest BCUT2D eigenvalue weighted by Crippen LogP contribution is 2.28. The number of nitrogens with one attached hydrogen (secondary N) is 1. The van der Waals surface area contributed by atoms with Crippen LogP contribution in [0.4, 0.5) is 17.1 Å². The van der Waals surface area contributed by atoms with Crippen LogP contribution in [0.3, 0.4) is 0 Å². The molecule has 1 fully saturated rings. The van der Waals surface area contributed by atoms with Crippen molar-refractivity contribution in [1.82, 2.24) is 0 Å². The molecule has 1 aliphatic heterocycles. The summed E-state index contributed by atoms with van der Waals surface area (Å²) >= 11 is 6.00. The lowest BCUT2D eigenvalue weighted by Gasteiger charge is -2.28. The number of rotatable bonds is 4. The van der Waals surface area contributed by atoms with Crippen molar-refractivity contribution in [1.29, 1.82) is 0 Å². The number of amides is 2. The van der Waals surface area contributed by atoms with Crippen molar-refractivity contribution in [3.63, 3.8) is 0 Å². The zero-order chi connectivity index (χ0) is 19.6. The van der Waals surface area contributed by atoms with E-state index in [2.05, 4.69) is 5.32 Å². The fourth-order valence-corrected chi connectivity index (χ4v) is 3.36. The van der Waals surface area contributed by atoms with Crippen molar-refractivity contribution in [2.24, 2.45) is 0 Å². The van der Waals surface area contributed by atoms with Crippen molar-refractivity contribution in [2.75, 3.05) is 16.8 Å². The van der Waals surface area contributed by atoms with E-state index in [1.54, 1.807) is 17.0 Å². The number of hydrogen-bond donors (Lipinski definition) is 1. The molecule has 2 amide bonds. The number of non-ortho nitro benzene ring substituents is 1. The molecule has 1 aliphatic rings. The van der Waals surface area contributed by atoms with Gasteiger partial charge < -0.3 is 10.2 Å². The number of aryl methyl sites for hydroxylation is 1. The molecule has 2 aromatic carbocycles. The second-order valence-electron chi connectivity index (χ2n) is 6.38. The Morgan fingerprint density at radius 1 is 1.22 bits per heavy atom. The molecule has 0 atom stereocenters. The molecule has 0 spiro atoms. The van der Waals surface area contributed by atoms with Gasteiger partial charge in [-0.05, 0) is 49.6 Å². The lowest BCUT2D eigenvalue weighted by molar-refractivity contribution is -0.384. The lowest BCUT2D eigenvalue weighted by atomic mass is 10.1. The molecule has 0 saturated carbocycles. The summed E-state index contributed by atoms with van der Waals surface area (Å²) in [5.41, 5.74) is 2.24. The summed E-state index contributed by atoms with van der Waals surface area (Å²) < 4.78 is 0. The van der Waals surface area contributed by atoms with Gasteiger partial charge in [-0.1, -0.05) is 11.6 Å². The average Bonchev–Trinajstić information content (AvgIpc) is 2.62. The maximum Gasteiger partial charge on any atom is 0.270 e. The van der Waals surface area contributed by atoms with Crippen LogP contribution in [0.15, 0.2) is 36.4 Å². The van der Waals surface area contributed by atoms with Gasteiger partial charge in [0.25, 0.3) is 11.6 Å². The van der Waals surface area contributed by atoms with Gasteiger partial charge in [-0.3, -0.25) is 19.7 Å². The molecule has 27 heavy (non-hydrogen) atoms. The first kappa shape index (κ1) is 18.8. The number of hydrogen-bond acceptors (Lipinski definition) is 4. The molecule has 8 heteroatoms. The summed E-state index contributed by atoms with van der Waals surface area (Å²) in [4.78, 5) is 36.5. The topological polar surface area (TPSA) is 92.5 Å². The molecule has 0 bridgehead atoms. The largest absolute Gasteiger partial charge is 0.322 e. The van der Waals surface area contributed by atoms with Gasteiger partial charge >= 0.3 is 0 Å². The zero-order valence-corrected chi connectivity index (χ0v) is 15.5. The fourth-order valence-electron chi connectivity index (χ4n) is 3.10. The summed E-state index contributed by atoms with van der Waals surface area (Å²) in [5, 5.41) is 13.5. The predicted octanol–water partition coefficient (Wildman–Crippen LogP) is 4.33. The van der Waals surface area contributed by atoms with Gasteiger partial charge in [0.15, 0.2) is 0 Å². The molecule has 0 radical (unpaired) electrons. The molecule has 140 valence electrons. The Labute approximate surface area is 161 Å². The Balaban J connectivity index is 1.78. The van der Waals surface area contributed by atoms with E-state index >= 15 is 0 Å². The number of halogens is 1. The molecule has 1 saturated heterocycles. The van der Waals surface area contributed by atoms with Gasteiger partial charge in [-0.15, -0.1) is 0 Å². The Bertz CT molecular complexity index is 929. The van der Waals surface area contributed by atoms with Gasteiger partial charge in [0.2, 0.25) is 5.91 Å². The van der Waals surface area contributed by atoms with Crippen molar-refractivity contribution < 1.29 is 14.5 Å². The minimum absolute atomic E-state index is 0.00829. The number of piperidine rings is 1. The highest BCUT2D eigenvalue weighted by molar-refractivity contribution is 6.34. The second kappa shape index (κ2) is 7.75. The number of nitro benzene ring substituents is 1. The first-order valence-corrected chi connectivity index (χ1v) is 8.91. The SMILES string of the molecule is Cc1cc(NC(=O)c2ccc([N+](=O)[O-])cc2Cl)ccc1N1CCCCC1=O. The molecule has 0 aromatic heterocycles. The predicted molar refractivity (Wildman–Crippen MR) is 103 cm³/mol. The van der Waals surface area contributed by atoms with E-state index in [1.807, 2.05) is 13.0 Å². The van der Waals surface area contributed by atoms with E-state index in [9.17, 15) is 19.7 Å². The van der Waals surface area contributed by atoms with Crippen molar-refractivity contribution in [3.8, 4) is 0 Å². The van der Waals surface area contributed by atoms with E-state index < -0.39 is 10.8 Å². The normalized spacial score (nSPS) is 14.1. The minimum Gasteiger partial charge on any atom is -0.322 e. The molecular formula is C19H18ClN3O4.